The van der Waals surface area contributed by atoms with E-state index < -0.39 is 18.8 Å². The van der Waals surface area contributed by atoms with Crippen molar-refractivity contribution in [3.63, 3.8) is 0 Å². The fourth-order valence-electron chi connectivity index (χ4n) is 1.50. The van der Waals surface area contributed by atoms with Gasteiger partial charge in [-0.2, -0.15) is 0 Å². The van der Waals surface area contributed by atoms with Crippen LogP contribution in [-0.2, 0) is 11.2 Å². The average Bonchev–Trinajstić information content (AvgIpc) is 2.24. The van der Waals surface area contributed by atoms with E-state index in [1.54, 1.807) is 6.92 Å². The molecule has 0 fully saturated rings. The fourth-order valence-corrected chi connectivity index (χ4v) is 1.50. The van der Waals surface area contributed by atoms with E-state index in [1.807, 2.05) is 0 Å². The van der Waals surface area contributed by atoms with Crippen LogP contribution in [0.15, 0.2) is 18.2 Å². The summed E-state index contributed by atoms with van der Waals surface area (Å²) in [6, 6.07) is 3.57. The third-order valence-corrected chi connectivity index (χ3v) is 2.17. The van der Waals surface area contributed by atoms with Crippen LogP contribution >= 0.6 is 0 Å². The molecule has 0 saturated heterocycles. The van der Waals surface area contributed by atoms with Crippen LogP contribution in [0.4, 0.5) is 17.6 Å². The van der Waals surface area contributed by atoms with E-state index >= 15 is 0 Å². The molecule has 1 rings (SSSR count). The van der Waals surface area contributed by atoms with Crippen molar-refractivity contribution in [3.05, 3.63) is 29.6 Å². The van der Waals surface area contributed by atoms with Crippen molar-refractivity contribution < 1.29 is 27.0 Å². The number of ether oxygens (including phenoxy) is 2. The van der Waals surface area contributed by atoms with E-state index in [0.29, 0.717) is 17.7 Å². The number of alkyl halides is 3. The minimum Gasteiger partial charge on any atom is -0.491 e. The Morgan fingerprint density at radius 2 is 1.95 bits per heavy atom. The molecule has 1 atom stereocenters. The van der Waals surface area contributed by atoms with E-state index in [0.717, 1.165) is 0 Å². The molecule has 0 heterocycles. The first-order valence-corrected chi connectivity index (χ1v) is 5.65. The normalized spacial score (nSPS) is 13.4. The average molecular weight is 281 g/mol. The van der Waals surface area contributed by atoms with Crippen molar-refractivity contribution in [1.29, 1.82) is 0 Å². The van der Waals surface area contributed by atoms with Crippen LogP contribution in [0.1, 0.15) is 12.5 Å². The summed E-state index contributed by atoms with van der Waals surface area (Å²) in [7, 11) is 0. The highest BCUT2D eigenvalue weighted by atomic mass is 19.4. The van der Waals surface area contributed by atoms with Gasteiger partial charge in [0.25, 0.3) is 0 Å². The Balaban J connectivity index is 2.57. The van der Waals surface area contributed by atoms with Crippen LogP contribution in [0.2, 0.25) is 0 Å². The Morgan fingerprint density at radius 3 is 2.53 bits per heavy atom. The highest BCUT2D eigenvalue weighted by Crippen LogP contribution is 2.21. The highest BCUT2D eigenvalue weighted by molar-refractivity contribution is 5.34. The van der Waals surface area contributed by atoms with Gasteiger partial charge in [-0.1, -0.05) is 0 Å². The van der Waals surface area contributed by atoms with Crippen molar-refractivity contribution in [1.82, 2.24) is 0 Å². The van der Waals surface area contributed by atoms with E-state index in [2.05, 4.69) is 4.74 Å². The number of hydrogen-bond acceptors (Lipinski definition) is 3. The van der Waals surface area contributed by atoms with Gasteiger partial charge in [-0.05, 0) is 37.1 Å². The van der Waals surface area contributed by atoms with E-state index in [9.17, 15) is 17.6 Å². The van der Waals surface area contributed by atoms with Gasteiger partial charge in [0, 0.05) is 6.04 Å². The molecule has 0 amide bonds. The minimum absolute atomic E-state index is 0.212. The number of halogens is 4. The van der Waals surface area contributed by atoms with Crippen molar-refractivity contribution in [2.24, 2.45) is 5.73 Å². The van der Waals surface area contributed by atoms with Gasteiger partial charge in [0.15, 0.2) is 0 Å². The van der Waals surface area contributed by atoms with Crippen LogP contribution in [0, 0.1) is 5.82 Å². The van der Waals surface area contributed by atoms with Gasteiger partial charge in [-0.25, -0.2) is 4.39 Å². The highest BCUT2D eigenvalue weighted by Gasteiger charge is 2.28. The Morgan fingerprint density at radius 1 is 1.26 bits per heavy atom. The lowest BCUT2D eigenvalue weighted by molar-refractivity contribution is -0.325. The molecule has 0 aliphatic rings. The van der Waals surface area contributed by atoms with Crippen LogP contribution < -0.4 is 10.5 Å². The number of rotatable bonds is 6. The summed E-state index contributed by atoms with van der Waals surface area (Å²) in [6.07, 6.45) is -4.31. The molecular formula is C12H15F4NO2. The summed E-state index contributed by atoms with van der Waals surface area (Å²) in [5.41, 5.74) is 6.12. The number of hydrogen-bond donors (Lipinski definition) is 1. The van der Waals surface area contributed by atoms with Crippen molar-refractivity contribution in [2.75, 3.05) is 13.2 Å². The Bertz CT molecular complexity index is 407. The van der Waals surface area contributed by atoms with Crippen LogP contribution in [-0.4, -0.2) is 25.6 Å². The van der Waals surface area contributed by atoms with Crippen LogP contribution in [0.5, 0.6) is 5.75 Å². The maximum absolute atomic E-state index is 13.1. The van der Waals surface area contributed by atoms with Crippen LogP contribution in [0.3, 0.4) is 0 Å². The lowest BCUT2D eigenvalue weighted by Gasteiger charge is -2.14. The number of benzene rings is 1. The molecule has 0 aliphatic heterocycles. The first kappa shape index (κ1) is 15.7. The zero-order valence-electron chi connectivity index (χ0n) is 10.3. The standard InChI is InChI=1S/C12H15F4NO2/c1-8(17)6-9-7-10(13)2-3-11(9)18-4-5-19-12(14,15)16/h2-3,7-8H,4-6,17H2,1H3. The molecule has 0 saturated carbocycles. The zero-order chi connectivity index (χ0) is 14.5. The van der Waals surface area contributed by atoms with Gasteiger partial charge in [-0.15, -0.1) is 13.2 Å². The summed E-state index contributed by atoms with van der Waals surface area (Å²) < 4.78 is 57.0. The zero-order valence-corrected chi connectivity index (χ0v) is 10.3. The van der Waals surface area contributed by atoms with Gasteiger partial charge >= 0.3 is 6.36 Å². The Kier molecular flexibility index (Phi) is 5.56. The largest absolute Gasteiger partial charge is 0.522 e. The quantitative estimate of drug-likeness (QED) is 0.644. The van der Waals surface area contributed by atoms with Gasteiger partial charge < -0.3 is 10.5 Å². The molecular weight excluding hydrogens is 266 g/mol. The molecule has 108 valence electrons. The van der Waals surface area contributed by atoms with Crippen molar-refractivity contribution in [3.8, 4) is 5.75 Å². The molecule has 1 aromatic carbocycles. The molecule has 0 spiro atoms. The molecule has 0 aliphatic carbocycles. The van der Waals surface area contributed by atoms with Gasteiger partial charge in [0.05, 0.1) is 6.61 Å². The third kappa shape index (κ3) is 6.40. The summed E-state index contributed by atoms with van der Waals surface area (Å²) in [5, 5.41) is 0. The second kappa shape index (κ2) is 6.72. The molecule has 3 nitrogen and oxygen atoms in total. The number of nitrogens with two attached hydrogens (primary N) is 1. The summed E-state index contributed by atoms with van der Waals surface area (Å²) in [5.74, 6) is -0.140. The van der Waals surface area contributed by atoms with Gasteiger partial charge in [0.2, 0.25) is 0 Å². The van der Waals surface area contributed by atoms with E-state index in [1.165, 1.54) is 18.2 Å². The fraction of sp³-hybridized carbons (Fsp3) is 0.500. The molecule has 19 heavy (non-hydrogen) atoms. The molecule has 0 aromatic heterocycles. The second-order valence-corrected chi connectivity index (χ2v) is 4.08. The first-order valence-electron chi connectivity index (χ1n) is 5.65. The molecule has 0 bridgehead atoms. The Labute approximate surface area is 108 Å². The maximum Gasteiger partial charge on any atom is 0.522 e. The third-order valence-electron chi connectivity index (χ3n) is 2.17. The predicted octanol–water partition coefficient (Wildman–Crippen LogP) is 2.63. The van der Waals surface area contributed by atoms with Crippen molar-refractivity contribution >= 4 is 0 Å². The minimum atomic E-state index is -4.68. The van der Waals surface area contributed by atoms with Gasteiger partial charge in [-0.3, -0.25) is 4.74 Å². The molecule has 2 N–H and O–H groups in total. The maximum atomic E-state index is 13.1. The van der Waals surface area contributed by atoms with E-state index in [4.69, 9.17) is 10.5 Å². The summed E-state index contributed by atoms with van der Waals surface area (Å²) in [6.45, 7) is 0.830. The Hall–Kier alpha value is -1.34. The lowest BCUT2D eigenvalue weighted by atomic mass is 10.1. The predicted molar refractivity (Wildman–Crippen MR) is 61.3 cm³/mol. The summed E-state index contributed by atoms with van der Waals surface area (Å²) in [4.78, 5) is 0. The van der Waals surface area contributed by atoms with Gasteiger partial charge in [0.1, 0.15) is 18.2 Å². The monoisotopic (exact) mass is 281 g/mol. The summed E-state index contributed by atoms with van der Waals surface area (Å²) >= 11 is 0. The second-order valence-electron chi connectivity index (χ2n) is 4.08. The SMILES string of the molecule is CC(N)Cc1cc(F)ccc1OCCOC(F)(F)F. The molecule has 7 heteroatoms. The van der Waals surface area contributed by atoms with E-state index in [-0.39, 0.29) is 12.6 Å². The van der Waals surface area contributed by atoms with Crippen LogP contribution in [0.25, 0.3) is 0 Å². The first-order chi connectivity index (χ1) is 8.78. The molecule has 1 unspecified atom stereocenters. The smallest absolute Gasteiger partial charge is 0.491 e. The topological polar surface area (TPSA) is 44.5 Å². The molecule has 1 aromatic rings. The lowest BCUT2D eigenvalue weighted by Crippen LogP contribution is -2.20. The van der Waals surface area contributed by atoms with Crippen molar-refractivity contribution in [2.45, 2.75) is 25.7 Å². The molecule has 0 radical (unpaired) electrons.